The number of nitrogens with one attached hydrogen (secondary N) is 1. The highest BCUT2D eigenvalue weighted by atomic mass is 16.3. The van der Waals surface area contributed by atoms with Crippen molar-refractivity contribution in [3.05, 3.63) is 46.4 Å². The van der Waals surface area contributed by atoms with E-state index in [-0.39, 0.29) is 17.9 Å². The Kier molecular flexibility index (Phi) is 2.31. The molecule has 0 bridgehead atoms. The van der Waals surface area contributed by atoms with Gasteiger partial charge in [-0.1, -0.05) is 0 Å². The third kappa shape index (κ3) is 1.77. The van der Waals surface area contributed by atoms with Crippen LogP contribution in [0.25, 0.3) is 5.69 Å². The molecule has 15 heavy (non-hydrogen) atoms. The first kappa shape index (κ1) is 9.54. The topological polar surface area (TPSA) is 78.2 Å². The van der Waals surface area contributed by atoms with Gasteiger partial charge in [0.25, 0.3) is 5.56 Å². The van der Waals surface area contributed by atoms with Gasteiger partial charge in [-0.3, -0.25) is 14.6 Å². The molecule has 5 heteroatoms. The summed E-state index contributed by atoms with van der Waals surface area (Å²) in [5.74, 6) is 0.152. The molecule has 0 saturated carbocycles. The number of aromatic nitrogens is 2. The van der Waals surface area contributed by atoms with E-state index in [1.165, 1.54) is 22.9 Å². The number of hydrogen-bond acceptors (Lipinski definition) is 3. The lowest BCUT2D eigenvalue weighted by Gasteiger charge is -2.05. The van der Waals surface area contributed by atoms with Gasteiger partial charge in [-0.25, -0.2) is 0 Å². The quantitative estimate of drug-likeness (QED) is 0.664. The molecule has 2 rings (SSSR count). The smallest absolute Gasteiger partial charge is 0.264 e. The number of aliphatic hydroxyl groups is 1. The van der Waals surface area contributed by atoms with Gasteiger partial charge in [0, 0.05) is 6.07 Å². The minimum Gasteiger partial charge on any atom is -0.508 e. The van der Waals surface area contributed by atoms with Crippen molar-refractivity contribution >= 4 is 0 Å². The summed E-state index contributed by atoms with van der Waals surface area (Å²) < 4.78 is 1.47. The number of phenolic OH excluding ortho intramolecular Hbond substituents is 1. The molecule has 0 aliphatic rings. The van der Waals surface area contributed by atoms with Crippen LogP contribution in [0.15, 0.2) is 35.1 Å². The molecule has 1 heterocycles. The number of nitrogens with zero attached hydrogens (tertiary/aromatic N) is 1. The highest BCUT2D eigenvalue weighted by molar-refractivity contribution is 5.37. The summed E-state index contributed by atoms with van der Waals surface area (Å²) in [6.07, 6.45) is 0. The van der Waals surface area contributed by atoms with Crippen LogP contribution in [0.2, 0.25) is 0 Å². The Morgan fingerprint density at radius 1 is 1.27 bits per heavy atom. The van der Waals surface area contributed by atoms with Crippen LogP contribution in [-0.4, -0.2) is 20.0 Å². The molecule has 0 radical (unpaired) electrons. The SMILES string of the molecule is O=c1cc(CO)n(-c2ccc(O)cc2)[nH]1. The first-order valence-electron chi connectivity index (χ1n) is 4.42. The van der Waals surface area contributed by atoms with Crippen molar-refractivity contribution in [2.75, 3.05) is 0 Å². The molecule has 1 aromatic heterocycles. The molecule has 0 aliphatic heterocycles. The van der Waals surface area contributed by atoms with E-state index in [2.05, 4.69) is 5.10 Å². The van der Waals surface area contributed by atoms with Gasteiger partial charge < -0.3 is 10.2 Å². The summed E-state index contributed by atoms with van der Waals surface area (Å²) in [7, 11) is 0. The predicted molar refractivity (Wildman–Crippen MR) is 54.0 cm³/mol. The maximum absolute atomic E-state index is 11.1. The molecule has 2 aromatic rings. The van der Waals surface area contributed by atoms with Gasteiger partial charge in [0.15, 0.2) is 0 Å². The lowest BCUT2D eigenvalue weighted by molar-refractivity contribution is 0.273. The Hall–Kier alpha value is -2.01. The molecular weight excluding hydrogens is 196 g/mol. The maximum Gasteiger partial charge on any atom is 0.264 e. The van der Waals surface area contributed by atoms with E-state index in [9.17, 15) is 4.79 Å². The van der Waals surface area contributed by atoms with Crippen molar-refractivity contribution in [2.45, 2.75) is 6.61 Å². The fourth-order valence-corrected chi connectivity index (χ4v) is 1.38. The van der Waals surface area contributed by atoms with Crippen LogP contribution in [0.4, 0.5) is 0 Å². The number of aromatic amines is 1. The zero-order valence-electron chi connectivity index (χ0n) is 7.84. The molecule has 0 atom stereocenters. The highest BCUT2D eigenvalue weighted by Crippen LogP contribution is 2.13. The molecular formula is C10H10N2O3. The monoisotopic (exact) mass is 206 g/mol. The lowest BCUT2D eigenvalue weighted by Crippen LogP contribution is -2.05. The Morgan fingerprint density at radius 3 is 2.53 bits per heavy atom. The van der Waals surface area contributed by atoms with E-state index in [0.29, 0.717) is 11.4 Å². The van der Waals surface area contributed by atoms with Crippen LogP contribution in [0, 0.1) is 0 Å². The molecule has 1 aromatic carbocycles. The predicted octanol–water partition coefficient (Wildman–Crippen LogP) is 0.363. The van der Waals surface area contributed by atoms with Crippen molar-refractivity contribution < 1.29 is 10.2 Å². The molecule has 0 unspecified atom stereocenters. The van der Waals surface area contributed by atoms with Crippen LogP contribution in [-0.2, 0) is 6.61 Å². The first-order chi connectivity index (χ1) is 7.20. The van der Waals surface area contributed by atoms with Crippen molar-refractivity contribution in [3.8, 4) is 11.4 Å². The van der Waals surface area contributed by atoms with Crippen LogP contribution >= 0.6 is 0 Å². The van der Waals surface area contributed by atoms with Crippen LogP contribution in [0.3, 0.4) is 0 Å². The summed E-state index contributed by atoms with van der Waals surface area (Å²) in [5.41, 5.74) is 0.886. The van der Waals surface area contributed by atoms with Gasteiger partial charge in [-0.2, -0.15) is 0 Å². The third-order valence-electron chi connectivity index (χ3n) is 2.08. The number of hydrogen-bond donors (Lipinski definition) is 3. The van der Waals surface area contributed by atoms with Crippen LogP contribution < -0.4 is 5.56 Å². The van der Waals surface area contributed by atoms with Crippen LogP contribution in [0.5, 0.6) is 5.75 Å². The standard InChI is InChI=1S/C10H10N2O3/c13-6-8-5-10(15)11-12(8)7-1-3-9(14)4-2-7/h1-5,13-14H,6H2,(H,11,15). The fraction of sp³-hybridized carbons (Fsp3) is 0.100. The van der Waals surface area contributed by atoms with E-state index in [4.69, 9.17) is 10.2 Å². The molecule has 0 fully saturated rings. The van der Waals surface area contributed by atoms with Crippen LogP contribution in [0.1, 0.15) is 5.69 Å². The second-order valence-electron chi connectivity index (χ2n) is 3.12. The van der Waals surface area contributed by atoms with Gasteiger partial charge in [-0.15, -0.1) is 0 Å². The van der Waals surface area contributed by atoms with Gasteiger partial charge in [0.1, 0.15) is 5.75 Å². The minimum absolute atomic E-state index is 0.152. The van der Waals surface area contributed by atoms with Gasteiger partial charge in [-0.05, 0) is 24.3 Å². The molecule has 0 spiro atoms. The average Bonchev–Trinajstić information content (AvgIpc) is 2.61. The maximum atomic E-state index is 11.1. The second kappa shape index (κ2) is 3.62. The Balaban J connectivity index is 2.53. The Morgan fingerprint density at radius 2 is 1.93 bits per heavy atom. The summed E-state index contributed by atoms with van der Waals surface area (Å²) in [6, 6.07) is 7.63. The van der Waals surface area contributed by atoms with Crippen molar-refractivity contribution in [1.29, 1.82) is 0 Å². The number of rotatable bonds is 2. The number of benzene rings is 1. The molecule has 0 aliphatic carbocycles. The van der Waals surface area contributed by atoms with E-state index >= 15 is 0 Å². The summed E-state index contributed by atoms with van der Waals surface area (Å²) in [6.45, 7) is -0.223. The largest absolute Gasteiger partial charge is 0.508 e. The number of H-pyrrole nitrogens is 1. The van der Waals surface area contributed by atoms with Crippen molar-refractivity contribution in [2.24, 2.45) is 0 Å². The van der Waals surface area contributed by atoms with Gasteiger partial charge >= 0.3 is 0 Å². The van der Waals surface area contributed by atoms with E-state index in [1.54, 1.807) is 12.1 Å². The average molecular weight is 206 g/mol. The summed E-state index contributed by atoms with van der Waals surface area (Å²) >= 11 is 0. The Labute approximate surface area is 85.2 Å². The third-order valence-corrected chi connectivity index (χ3v) is 2.08. The van der Waals surface area contributed by atoms with Crippen molar-refractivity contribution in [1.82, 2.24) is 9.78 Å². The molecule has 78 valence electrons. The normalized spacial score (nSPS) is 10.5. The number of aromatic hydroxyl groups is 1. The Bertz CT molecular complexity index is 510. The fourth-order valence-electron chi connectivity index (χ4n) is 1.38. The molecule has 5 nitrogen and oxygen atoms in total. The van der Waals surface area contributed by atoms with E-state index in [1.807, 2.05) is 0 Å². The van der Waals surface area contributed by atoms with E-state index in [0.717, 1.165) is 0 Å². The first-order valence-corrected chi connectivity index (χ1v) is 4.42. The highest BCUT2D eigenvalue weighted by Gasteiger charge is 2.04. The second-order valence-corrected chi connectivity index (χ2v) is 3.12. The molecule has 3 N–H and O–H groups in total. The zero-order chi connectivity index (χ0) is 10.8. The minimum atomic E-state index is -0.271. The zero-order valence-corrected chi connectivity index (χ0v) is 7.84. The van der Waals surface area contributed by atoms with Gasteiger partial charge in [0.05, 0.1) is 18.0 Å². The summed E-state index contributed by atoms with van der Waals surface area (Å²) in [4.78, 5) is 11.1. The number of aliphatic hydroxyl groups excluding tert-OH is 1. The lowest BCUT2D eigenvalue weighted by atomic mass is 10.3. The molecule has 0 amide bonds. The summed E-state index contributed by atoms with van der Waals surface area (Å²) in [5, 5.41) is 20.7. The number of phenols is 1. The van der Waals surface area contributed by atoms with Crippen molar-refractivity contribution in [3.63, 3.8) is 0 Å². The molecule has 0 saturated heterocycles. The van der Waals surface area contributed by atoms with E-state index < -0.39 is 0 Å². The van der Waals surface area contributed by atoms with Gasteiger partial charge in [0.2, 0.25) is 0 Å².